The van der Waals surface area contributed by atoms with Crippen molar-refractivity contribution in [2.24, 2.45) is 0 Å². The zero-order valence-electron chi connectivity index (χ0n) is 6.78. The van der Waals surface area contributed by atoms with Crippen molar-refractivity contribution in [1.29, 1.82) is 0 Å². The number of ether oxygens (including phenoxy) is 1. The predicted molar refractivity (Wildman–Crippen MR) is 49.1 cm³/mol. The summed E-state index contributed by atoms with van der Waals surface area (Å²) in [7, 11) is 1.40. The molecule has 1 aromatic carbocycles. The molecule has 0 aliphatic rings. The molecule has 0 fully saturated rings. The molecule has 0 heterocycles. The van der Waals surface area contributed by atoms with E-state index in [0.717, 1.165) is 0 Å². The molecule has 0 aliphatic carbocycles. The Balaban J connectivity index is 3.33. The number of nitro groups is 1. The zero-order valence-corrected chi connectivity index (χ0v) is 7.54. The molecule has 0 aliphatic heterocycles. The number of nitrogen functional groups attached to an aromatic ring is 1. The van der Waals surface area contributed by atoms with Crippen molar-refractivity contribution in [2.75, 3.05) is 12.8 Å². The average Bonchev–Trinajstić information content (AvgIpc) is 2.09. The van der Waals surface area contributed by atoms with Gasteiger partial charge >= 0.3 is 0 Å². The second-order valence-corrected chi connectivity index (χ2v) is 2.68. The normalized spacial score (nSPS) is 9.69. The van der Waals surface area contributed by atoms with Gasteiger partial charge in [-0.3, -0.25) is 10.1 Å². The Bertz CT molecular complexity index is 354. The first-order valence-electron chi connectivity index (χ1n) is 3.33. The number of methoxy groups -OCH3 is 1. The van der Waals surface area contributed by atoms with Crippen molar-refractivity contribution >= 4 is 23.0 Å². The van der Waals surface area contributed by atoms with Crippen molar-refractivity contribution in [3.05, 3.63) is 27.3 Å². The number of anilines is 1. The van der Waals surface area contributed by atoms with E-state index in [4.69, 9.17) is 22.1 Å². The molecule has 0 radical (unpaired) electrons. The van der Waals surface area contributed by atoms with Crippen molar-refractivity contribution < 1.29 is 9.66 Å². The number of rotatable bonds is 2. The summed E-state index contributed by atoms with van der Waals surface area (Å²) in [6, 6.07) is 2.65. The Labute approximate surface area is 79.2 Å². The Morgan fingerprint density at radius 3 is 2.69 bits per heavy atom. The maximum absolute atomic E-state index is 10.5. The number of nitrogens with zero attached hydrogens (tertiary/aromatic N) is 1. The summed E-state index contributed by atoms with van der Waals surface area (Å²) >= 11 is 5.59. The summed E-state index contributed by atoms with van der Waals surface area (Å²) in [5.41, 5.74) is 5.30. The van der Waals surface area contributed by atoms with Gasteiger partial charge in [-0.2, -0.15) is 0 Å². The summed E-state index contributed by atoms with van der Waals surface area (Å²) in [6.45, 7) is 0. The van der Waals surface area contributed by atoms with Crippen molar-refractivity contribution in [3.8, 4) is 5.75 Å². The van der Waals surface area contributed by atoms with Gasteiger partial charge in [0.2, 0.25) is 0 Å². The Morgan fingerprint density at radius 1 is 1.62 bits per heavy atom. The summed E-state index contributed by atoms with van der Waals surface area (Å²) in [4.78, 5) is 9.84. The van der Waals surface area contributed by atoms with Gasteiger partial charge in [0, 0.05) is 6.07 Å². The first-order chi connectivity index (χ1) is 6.06. The standard InChI is InChI=1S/C7H7ClN2O3/c1-13-4-2-5(9)7(8)6(3-4)10(11)12/h2-3H,9H2,1H3. The van der Waals surface area contributed by atoms with Gasteiger partial charge < -0.3 is 10.5 Å². The predicted octanol–water partition coefficient (Wildman–Crippen LogP) is 1.84. The zero-order chi connectivity index (χ0) is 10.0. The Morgan fingerprint density at radius 2 is 2.23 bits per heavy atom. The lowest BCUT2D eigenvalue weighted by atomic mass is 10.2. The largest absolute Gasteiger partial charge is 0.496 e. The van der Waals surface area contributed by atoms with Crippen LogP contribution in [0.4, 0.5) is 11.4 Å². The molecule has 0 saturated heterocycles. The van der Waals surface area contributed by atoms with Crippen molar-refractivity contribution in [3.63, 3.8) is 0 Å². The third-order valence-electron chi connectivity index (χ3n) is 1.49. The van der Waals surface area contributed by atoms with Gasteiger partial charge in [0.05, 0.1) is 23.8 Å². The van der Waals surface area contributed by atoms with Crippen molar-refractivity contribution in [1.82, 2.24) is 0 Å². The topological polar surface area (TPSA) is 78.4 Å². The van der Waals surface area contributed by atoms with E-state index in [0.29, 0.717) is 5.75 Å². The van der Waals surface area contributed by atoms with E-state index in [-0.39, 0.29) is 16.4 Å². The molecule has 2 N–H and O–H groups in total. The van der Waals surface area contributed by atoms with E-state index in [1.165, 1.54) is 19.2 Å². The lowest BCUT2D eigenvalue weighted by Crippen LogP contribution is -1.95. The lowest BCUT2D eigenvalue weighted by molar-refractivity contribution is -0.384. The summed E-state index contributed by atoms with van der Waals surface area (Å²) < 4.78 is 4.80. The van der Waals surface area contributed by atoms with Crippen LogP contribution in [0.3, 0.4) is 0 Å². The molecule has 5 nitrogen and oxygen atoms in total. The van der Waals surface area contributed by atoms with E-state index in [2.05, 4.69) is 0 Å². The van der Waals surface area contributed by atoms with Crippen LogP contribution in [0, 0.1) is 10.1 Å². The molecule has 0 spiro atoms. The van der Waals surface area contributed by atoms with Gasteiger partial charge in [0.25, 0.3) is 5.69 Å². The van der Waals surface area contributed by atoms with E-state index in [1.807, 2.05) is 0 Å². The first-order valence-corrected chi connectivity index (χ1v) is 3.71. The monoisotopic (exact) mass is 202 g/mol. The van der Waals surface area contributed by atoms with E-state index in [1.54, 1.807) is 0 Å². The van der Waals surface area contributed by atoms with E-state index in [9.17, 15) is 10.1 Å². The second-order valence-electron chi connectivity index (χ2n) is 2.31. The molecule has 0 saturated carbocycles. The highest BCUT2D eigenvalue weighted by atomic mass is 35.5. The molecular weight excluding hydrogens is 196 g/mol. The van der Waals surface area contributed by atoms with Crippen LogP contribution in [0.1, 0.15) is 0 Å². The fourth-order valence-corrected chi connectivity index (χ4v) is 1.03. The van der Waals surface area contributed by atoms with E-state index < -0.39 is 4.92 Å². The molecule has 70 valence electrons. The molecule has 0 atom stereocenters. The maximum Gasteiger partial charge on any atom is 0.293 e. The molecule has 0 amide bonds. The number of benzene rings is 1. The number of hydrogen-bond acceptors (Lipinski definition) is 4. The smallest absolute Gasteiger partial charge is 0.293 e. The van der Waals surface area contributed by atoms with Gasteiger partial charge in [0.15, 0.2) is 0 Å². The SMILES string of the molecule is COc1cc(N)c(Cl)c([N+](=O)[O-])c1. The number of halogens is 1. The summed E-state index contributed by atoms with van der Waals surface area (Å²) in [5.74, 6) is 0.314. The number of nitrogens with two attached hydrogens (primary N) is 1. The number of nitro benzene ring substituents is 1. The molecule has 13 heavy (non-hydrogen) atoms. The van der Waals surface area contributed by atoms with Crippen LogP contribution in [0.5, 0.6) is 5.75 Å². The van der Waals surface area contributed by atoms with Crippen LogP contribution in [-0.4, -0.2) is 12.0 Å². The Kier molecular flexibility index (Phi) is 2.57. The lowest BCUT2D eigenvalue weighted by Gasteiger charge is -2.03. The molecular formula is C7H7ClN2O3. The van der Waals surface area contributed by atoms with Gasteiger partial charge in [-0.1, -0.05) is 11.6 Å². The van der Waals surface area contributed by atoms with Crippen LogP contribution >= 0.6 is 11.6 Å². The van der Waals surface area contributed by atoms with Gasteiger partial charge in [-0.05, 0) is 0 Å². The van der Waals surface area contributed by atoms with Gasteiger partial charge in [-0.15, -0.1) is 0 Å². The summed E-state index contributed by atoms with van der Waals surface area (Å²) in [6.07, 6.45) is 0. The molecule has 1 rings (SSSR count). The second kappa shape index (κ2) is 3.49. The van der Waals surface area contributed by atoms with Crippen LogP contribution in [0.25, 0.3) is 0 Å². The van der Waals surface area contributed by atoms with Crippen molar-refractivity contribution in [2.45, 2.75) is 0 Å². The van der Waals surface area contributed by atoms with Crippen LogP contribution in [-0.2, 0) is 0 Å². The maximum atomic E-state index is 10.5. The molecule has 0 bridgehead atoms. The Hall–Kier alpha value is -1.49. The number of hydrogen-bond donors (Lipinski definition) is 1. The quantitative estimate of drug-likeness (QED) is 0.451. The minimum atomic E-state index is -0.610. The highest BCUT2D eigenvalue weighted by Gasteiger charge is 2.16. The highest BCUT2D eigenvalue weighted by molar-refractivity contribution is 6.35. The van der Waals surface area contributed by atoms with Crippen LogP contribution < -0.4 is 10.5 Å². The molecule has 6 heteroatoms. The van der Waals surface area contributed by atoms with E-state index >= 15 is 0 Å². The van der Waals surface area contributed by atoms with Crippen LogP contribution in [0.2, 0.25) is 5.02 Å². The third-order valence-corrected chi connectivity index (χ3v) is 1.90. The van der Waals surface area contributed by atoms with Gasteiger partial charge in [-0.25, -0.2) is 0 Å². The first kappa shape index (κ1) is 9.60. The fourth-order valence-electron chi connectivity index (χ4n) is 0.855. The summed E-state index contributed by atoms with van der Waals surface area (Å²) in [5, 5.41) is 10.4. The highest BCUT2D eigenvalue weighted by Crippen LogP contribution is 2.34. The minimum absolute atomic E-state index is 0.0641. The molecule has 1 aromatic rings. The average molecular weight is 203 g/mol. The molecule has 0 unspecified atom stereocenters. The van der Waals surface area contributed by atoms with Crippen LogP contribution in [0.15, 0.2) is 12.1 Å². The third kappa shape index (κ3) is 1.81. The minimum Gasteiger partial charge on any atom is -0.496 e. The molecule has 0 aromatic heterocycles. The fraction of sp³-hybridized carbons (Fsp3) is 0.143. The van der Waals surface area contributed by atoms with Gasteiger partial charge in [0.1, 0.15) is 10.8 Å².